The Morgan fingerprint density at radius 1 is 1.47 bits per heavy atom. The predicted molar refractivity (Wildman–Crippen MR) is 73.1 cm³/mol. The van der Waals surface area contributed by atoms with Gasteiger partial charge in [0.2, 0.25) is 5.16 Å². The molecule has 0 aliphatic carbocycles. The van der Waals surface area contributed by atoms with Crippen LogP contribution in [0.5, 0.6) is 5.75 Å². The van der Waals surface area contributed by atoms with E-state index in [9.17, 15) is 0 Å². The van der Waals surface area contributed by atoms with Crippen molar-refractivity contribution < 1.29 is 4.74 Å². The summed E-state index contributed by atoms with van der Waals surface area (Å²) < 4.78 is 5.53. The molecule has 1 N–H and O–H groups in total. The van der Waals surface area contributed by atoms with Crippen LogP contribution in [0.2, 0.25) is 5.02 Å². The summed E-state index contributed by atoms with van der Waals surface area (Å²) in [5.41, 5.74) is 0. The van der Waals surface area contributed by atoms with Crippen LogP contribution in [-0.4, -0.2) is 20.4 Å². The molecule has 7 heteroatoms. The van der Waals surface area contributed by atoms with E-state index in [1.54, 1.807) is 31.2 Å². The molecule has 1 atom stereocenters. The number of benzene rings is 1. The van der Waals surface area contributed by atoms with Crippen LogP contribution in [0.3, 0.4) is 0 Å². The van der Waals surface area contributed by atoms with Crippen LogP contribution in [0.4, 0.5) is 0 Å². The van der Waals surface area contributed by atoms with Gasteiger partial charge in [-0.3, -0.25) is 5.10 Å². The summed E-state index contributed by atoms with van der Waals surface area (Å²) in [5, 5.41) is 16.5. The normalized spacial score (nSPS) is 11.8. The first-order valence-corrected chi connectivity index (χ1v) is 6.79. The average Bonchev–Trinajstić information content (AvgIpc) is 2.85. The van der Waals surface area contributed by atoms with Crippen LogP contribution in [0.1, 0.15) is 12.7 Å². The maximum absolute atomic E-state index is 8.71. The summed E-state index contributed by atoms with van der Waals surface area (Å²) in [5.74, 6) is 1.32. The van der Waals surface area contributed by atoms with Gasteiger partial charge in [0.15, 0.2) is 5.82 Å². The summed E-state index contributed by atoms with van der Waals surface area (Å²) >= 11 is 7.08. The zero-order chi connectivity index (χ0) is 13.7. The number of aromatic nitrogens is 3. The fraction of sp³-hybridized carbons (Fsp3) is 0.250. The van der Waals surface area contributed by atoms with E-state index >= 15 is 0 Å². The molecule has 98 valence electrons. The molecule has 19 heavy (non-hydrogen) atoms. The van der Waals surface area contributed by atoms with Crippen molar-refractivity contribution in [1.82, 2.24) is 15.2 Å². The highest BCUT2D eigenvalue weighted by Crippen LogP contribution is 2.19. The van der Waals surface area contributed by atoms with Crippen molar-refractivity contribution in [3.8, 4) is 11.8 Å². The summed E-state index contributed by atoms with van der Waals surface area (Å²) in [6.07, 6.45) is 0. The van der Waals surface area contributed by atoms with Gasteiger partial charge in [-0.2, -0.15) is 5.26 Å². The van der Waals surface area contributed by atoms with Gasteiger partial charge in [0.05, 0.1) is 11.3 Å². The molecule has 0 aliphatic rings. The first kappa shape index (κ1) is 13.7. The first-order valence-electron chi connectivity index (χ1n) is 5.53. The average molecular weight is 295 g/mol. The summed E-state index contributed by atoms with van der Waals surface area (Å²) in [4.78, 5) is 4.22. The van der Waals surface area contributed by atoms with Gasteiger partial charge >= 0.3 is 0 Å². The van der Waals surface area contributed by atoms with Gasteiger partial charge in [0.1, 0.15) is 12.4 Å². The molecule has 0 fully saturated rings. The number of hydrogen-bond acceptors (Lipinski definition) is 5. The monoisotopic (exact) mass is 294 g/mol. The lowest BCUT2D eigenvalue weighted by Gasteiger charge is -2.03. The van der Waals surface area contributed by atoms with Gasteiger partial charge in [-0.1, -0.05) is 23.4 Å². The van der Waals surface area contributed by atoms with Crippen LogP contribution in [0.25, 0.3) is 0 Å². The van der Waals surface area contributed by atoms with Crippen molar-refractivity contribution in [2.75, 3.05) is 0 Å². The standard InChI is InChI=1S/C12H11ClN4OS/c1-8(6-14)19-12-15-11(16-17-12)7-18-10-4-2-9(13)3-5-10/h2-5,8H,7H2,1H3,(H,15,16,17). The van der Waals surface area contributed by atoms with E-state index in [-0.39, 0.29) is 11.9 Å². The molecule has 2 aromatic rings. The Morgan fingerprint density at radius 3 is 2.89 bits per heavy atom. The first-order chi connectivity index (χ1) is 9.17. The molecule has 5 nitrogen and oxygen atoms in total. The third-order valence-corrected chi connectivity index (χ3v) is 3.27. The Morgan fingerprint density at radius 2 is 2.21 bits per heavy atom. The summed E-state index contributed by atoms with van der Waals surface area (Å²) in [6, 6.07) is 9.19. The van der Waals surface area contributed by atoms with Crippen LogP contribution < -0.4 is 4.74 Å². The molecule has 0 aliphatic heterocycles. The molecule has 0 spiro atoms. The van der Waals surface area contributed by atoms with E-state index in [4.69, 9.17) is 21.6 Å². The van der Waals surface area contributed by atoms with Crippen molar-refractivity contribution in [2.24, 2.45) is 0 Å². The highest BCUT2D eigenvalue weighted by molar-refractivity contribution is 7.99. The fourth-order valence-corrected chi connectivity index (χ4v) is 2.02. The minimum atomic E-state index is -0.180. The molecule has 2 rings (SSSR count). The fourth-order valence-electron chi connectivity index (χ4n) is 1.26. The van der Waals surface area contributed by atoms with Crippen molar-refractivity contribution in [3.63, 3.8) is 0 Å². The molecule has 0 radical (unpaired) electrons. The SMILES string of the molecule is CC(C#N)Sc1n[nH]c(COc2ccc(Cl)cc2)n1. The lowest BCUT2D eigenvalue weighted by Crippen LogP contribution is -1.97. The van der Waals surface area contributed by atoms with E-state index in [1.165, 1.54) is 11.8 Å². The Hall–Kier alpha value is -1.71. The molecule has 1 heterocycles. The largest absolute Gasteiger partial charge is 0.486 e. The highest BCUT2D eigenvalue weighted by atomic mass is 35.5. The molecule has 0 bridgehead atoms. The lowest BCUT2D eigenvalue weighted by molar-refractivity contribution is 0.296. The van der Waals surface area contributed by atoms with Gasteiger partial charge in [-0.15, -0.1) is 5.10 Å². The van der Waals surface area contributed by atoms with E-state index < -0.39 is 0 Å². The number of thioether (sulfide) groups is 1. The minimum absolute atomic E-state index is 0.180. The Bertz CT molecular complexity index is 578. The molecule has 0 amide bonds. The highest BCUT2D eigenvalue weighted by Gasteiger charge is 2.08. The van der Waals surface area contributed by atoms with Crippen LogP contribution in [0, 0.1) is 11.3 Å². The van der Waals surface area contributed by atoms with Crippen LogP contribution >= 0.6 is 23.4 Å². The van der Waals surface area contributed by atoms with E-state index in [0.717, 1.165) is 0 Å². The lowest BCUT2D eigenvalue weighted by atomic mass is 10.3. The van der Waals surface area contributed by atoms with Gasteiger partial charge in [-0.25, -0.2) is 4.98 Å². The third kappa shape index (κ3) is 4.16. The van der Waals surface area contributed by atoms with Crippen LogP contribution in [-0.2, 0) is 6.61 Å². The van der Waals surface area contributed by atoms with Gasteiger partial charge in [0.25, 0.3) is 0 Å². The number of rotatable bonds is 5. The molecule has 1 aromatic heterocycles. The molecule has 0 saturated carbocycles. The van der Waals surface area contributed by atoms with Crippen molar-refractivity contribution in [3.05, 3.63) is 35.1 Å². The molecule has 0 saturated heterocycles. The maximum Gasteiger partial charge on any atom is 0.209 e. The van der Waals surface area contributed by atoms with Gasteiger partial charge in [0, 0.05) is 5.02 Å². The topological polar surface area (TPSA) is 74.6 Å². The number of nitrogens with zero attached hydrogens (tertiary/aromatic N) is 3. The number of ether oxygens (including phenoxy) is 1. The number of halogens is 1. The Balaban J connectivity index is 1.90. The smallest absolute Gasteiger partial charge is 0.209 e. The number of nitrogens with one attached hydrogen (secondary N) is 1. The quantitative estimate of drug-likeness (QED) is 0.858. The number of aromatic amines is 1. The molecule has 1 aromatic carbocycles. The van der Waals surface area contributed by atoms with Gasteiger partial charge < -0.3 is 4.74 Å². The predicted octanol–water partition coefficient (Wildman–Crippen LogP) is 3.04. The number of hydrogen-bond donors (Lipinski definition) is 1. The third-order valence-electron chi connectivity index (χ3n) is 2.16. The van der Waals surface area contributed by atoms with Gasteiger partial charge in [-0.05, 0) is 31.2 Å². The summed E-state index contributed by atoms with van der Waals surface area (Å²) in [7, 11) is 0. The number of nitriles is 1. The zero-order valence-electron chi connectivity index (χ0n) is 10.1. The number of H-pyrrole nitrogens is 1. The summed E-state index contributed by atoms with van der Waals surface area (Å²) in [6.45, 7) is 2.08. The minimum Gasteiger partial charge on any atom is -0.486 e. The van der Waals surface area contributed by atoms with E-state index in [0.29, 0.717) is 21.8 Å². The molecule has 1 unspecified atom stereocenters. The maximum atomic E-state index is 8.71. The Labute approximate surface area is 119 Å². The van der Waals surface area contributed by atoms with Crippen molar-refractivity contribution in [1.29, 1.82) is 5.26 Å². The van der Waals surface area contributed by atoms with E-state index in [2.05, 4.69) is 21.3 Å². The van der Waals surface area contributed by atoms with Crippen LogP contribution in [0.15, 0.2) is 29.4 Å². The van der Waals surface area contributed by atoms with Crippen molar-refractivity contribution in [2.45, 2.75) is 23.9 Å². The van der Waals surface area contributed by atoms with Crippen molar-refractivity contribution >= 4 is 23.4 Å². The molecular weight excluding hydrogens is 284 g/mol. The Kier molecular flexibility index (Phi) is 4.66. The molecular formula is C12H11ClN4OS. The second-order valence-corrected chi connectivity index (χ2v) is 5.44. The van der Waals surface area contributed by atoms with E-state index in [1.807, 2.05) is 0 Å². The second-order valence-electron chi connectivity index (χ2n) is 3.70. The zero-order valence-corrected chi connectivity index (χ0v) is 11.7. The second kappa shape index (κ2) is 6.45.